The van der Waals surface area contributed by atoms with Crippen LogP contribution in [0.5, 0.6) is 17.2 Å². The quantitative estimate of drug-likeness (QED) is 0.273. The zero-order valence-electron chi connectivity index (χ0n) is 19.2. The zero-order chi connectivity index (χ0) is 23.7. The molecule has 0 N–H and O–H groups in total. The SMILES string of the molecule is C.O=P(c1ccccc1OCC1CO1)(c1ccccc1OCC1CO1)c1ccccc1OCC1CO1. The van der Waals surface area contributed by atoms with Gasteiger partial charge in [-0.25, -0.2) is 0 Å². The van der Waals surface area contributed by atoms with Gasteiger partial charge in [0.2, 0.25) is 0 Å². The van der Waals surface area contributed by atoms with Crippen molar-refractivity contribution in [3.63, 3.8) is 0 Å². The Labute approximate surface area is 211 Å². The highest BCUT2D eigenvalue weighted by molar-refractivity contribution is 7.85. The highest BCUT2D eigenvalue weighted by atomic mass is 31.2. The lowest BCUT2D eigenvalue weighted by molar-refractivity contribution is 0.263. The van der Waals surface area contributed by atoms with Gasteiger partial charge < -0.3 is 33.0 Å². The molecule has 3 aliphatic rings. The molecule has 8 heteroatoms. The third kappa shape index (κ3) is 5.45. The number of epoxide rings is 3. The Morgan fingerprint density at radius 3 is 1.14 bits per heavy atom. The van der Waals surface area contributed by atoms with Crippen molar-refractivity contribution < 1.29 is 33.0 Å². The molecule has 0 saturated carbocycles. The molecule has 0 bridgehead atoms. The van der Waals surface area contributed by atoms with Crippen LogP contribution in [0.4, 0.5) is 0 Å². The van der Waals surface area contributed by atoms with E-state index in [-0.39, 0.29) is 25.7 Å². The van der Waals surface area contributed by atoms with Crippen LogP contribution in [0, 0.1) is 0 Å². The van der Waals surface area contributed by atoms with Crippen LogP contribution in [-0.4, -0.2) is 58.0 Å². The molecule has 0 aliphatic carbocycles. The summed E-state index contributed by atoms with van der Waals surface area (Å²) in [6.07, 6.45) is 0.224. The fourth-order valence-corrected chi connectivity index (χ4v) is 6.96. The fourth-order valence-electron chi connectivity index (χ4n) is 3.95. The average molecular weight is 511 g/mol. The number of hydrogen-bond donors (Lipinski definition) is 0. The minimum Gasteiger partial charge on any atom is -0.490 e. The third-order valence-electron chi connectivity index (χ3n) is 6.09. The van der Waals surface area contributed by atoms with Crippen LogP contribution < -0.4 is 30.1 Å². The molecule has 3 unspecified atom stereocenters. The summed E-state index contributed by atoms with van der Waals surface area (Å²) >= 11 is 0. The monoisotopic (exact) mass is 510 g/mol. The molecule has 0 amide bonds. The molecule has 36 heavy (non-hydrogen) atoms. The van der Waals surface area contributed by atoms with Crippen molar-refractivity contribution in [2.45, 2.75) is 25.7 Å². The number of benzene rings is 3. The largest absolute Gasteiger partial charge is 0.490 e. The third-order valence-corrected chi connectivity index (χ3v) is 9.24. The molecule has 0 spiro atoms. The fraction of sp³-hybridized carbons (Fsp3) is 0.357. The van der Waals surface area contributed by atoms with E-state index in [2.05, 4.69) is 0 Å². The molecular weight excluding hydrogens is 479 g/mol. The summed E-state index contributed by atoms with van der Waals surface area (Å²) in [5.74, 6) is 1.69. The highest BCUT2D eigenvalue weighted by Crippen LogP contribution is 2.49. The summed E-state index contributed by atoms with van der Waals surface area (Å²) in [6, 6.07) is 22.5. The standard InChI is InChI=1S/C27H27O7P.CH4/c28-35(25-10-4-1-7-22(25)32-16-19-13-29-19,26-11-5-2-8-23(26)33-17-20-14-30-20)27-12-6-3-9-24(27)34-18-21-15-31-21;/h1-12,19-21H,13-18H2;1H4. The van der Waals surface area contributed by atoms with Crippen molar-refractivity contribution in [2.24, 2.45) is 0 Å². The maximum absolute atomic E-state index is 15.5. The summed E-state index contributed by atoms with van der Waals surface area (Å²) in [4.78, 5) is 0. The average Bonchev–Trinajstić information content (AvgIpc) is 3.76. The Hall–Kier alpha value is -2.83. The second-order valence-electron chi connectivity index (χ2n) is 8.81. The lowest BCUT2D eigenvalue weighted by Gasteiger charge is -2.26. The first-order chi connectivity index (χ1) is 17.2. The van der Waals surface area contributed by atoms with Gasteiger partial charge in [-0.1, -0.05) is 43.8 Å². The topological polar surface area (TPSA) is 82.4 Å². The predicted molar refractivity (Wildman–Crippen MR) is 138 cm³/mol. The molecular formula is C28H31O7P. The van der Waals surface area contributed by atoms with Crippen LogP contribution in [0.25, 0.3) is 0 Å². The van der Waals surface area contributed by atoms with Crippen molar-refractivity contribution in [1.29, 1.82) is 0 Å². The first-order valence-electron chi connectivity index (χ1n) is 11.8. The van der Waals surface area contributed by atoms with Gasteiger partial charge in [-0.2, -0.15) is 0 Å². The second-order valence-corrected chi connectivity index (χ2v) is 11.5. The van der Waals surface area contributed by atoms with Gasteiger partial charge in [0.05, 0.1) is 35.7 Å². The number of para-hydroxylation sites is 3. The molecule has 0 radical (unpaired) electrons. The van der Waals surface area contributed by atoms with Crippen LogP contribution in [-0.2, 0) is 18.8 Å². The van der Waals surface area contributed by atoms with Crippen molar-refractivity contribution in [3.05, 3.63) is 72.8 Å². The summed E-state index contributed by atoms with van der Waals surface area (Å²) in [7, 11) is -3.51. The molecule has 3 atom stereocenters. The number of hydrogen-bond acceptors (Lipinski definition) is 7. The first kappa shape index (κ1) is 24.8. The van der Waals surface area contributed by atoms with E-state index in [0.717, 1.165) is 0 Å². The normalized spacial score (nSPS) is 23.1. The Kier molecular flexibility index (Phi) is 7.35. The smallest absolute Gasteiger partial charge is 0.181 e. The van der Waals surface area contributed by atoms with E-state index in [4.69, 9.17) is 28.4 Å². The lowest BCUT2D eigenvalue weighted by Crippen LogP contribution is -2.29. The Bertz CT molecular complexity index is 1080. The summed E-state index contributed by atoms with van der Waals surface area (Å²) in [5.41, 5.74) is 0. The van der Waals surface area contributed by atoms with Crippen LogP contribution in [0.2, 0.25) is 0 Å². The maximum Gasteiger partial charge on any atom is 0.181 e. The van der Waals surface area contributed by atoms with Crippen LogP contribution in [0.15, 0.2) is 72.8 Å². The van der Waals surface area contributed by atoms with E-state index in [0.29, 0.717) is 72.8 Å². The van der Waals surface area contributed by atoms with E-state index in [1.165, 1.54) is 0 Å². The van der Waals surface area contributed by atoms with E-state index in [1.807, 2.05) is 72.8 Å². The first-order valence-corrected chi connectivity index (χ1v) is 13.5. The van der Waals surface area contributed by atoms with Gasteiger partial charge in [-0.15, -0.1) is 0 Å². The van der Waals surface area contributed by atoms with E-state index < -0.39 is 7.14 Å². The van der Waals surface area contributed by atoms with Gasteiger partial charge in [-0.05, 0) is 36.4 Å². The number of ether oxygens (including phenoxy) is 6. The van der Waals surface area contributed by atoms with E-state index >= 15 is 4.57 Å². The van der Waals surface area contributed by atoms with Crippen LogP contribution in [0.1, 0.15) is 7.43 Å². The highest BCUT2D eigenvalue weighted by Gasteiger charge is 2.39. The van der Waals surface area contributed by atoms with Crippen molar-refractivity contribution in [3.8, 4) is 17.2 Å². The van der Waals surface area contributed by atoms with Gasteiger partial charge in [0.25, 0.3) is 0 Å². The molecule has 3 saturated heterocycles. The van der Waals surface area contributed by atoms with Gasteiger partial charge in [-0.3, -0.25) is 0 Å². The Morgan fingerprint density at radius 2 is 0.861 bits per heavy atom. The summed E-state index contributed by atoms with van der Waals surface area (Å²) in [6.45, 7) is 3.26. The van der Waals surface area contributed by atoms with Gasteiger partial charge in [0.1, 0.15) is 55.4 Å². The predicted octanol–water partition coefficient (Wildman–Crippen LogP) is 3.29. The minimum atomic E-state index is -3.51. The van der Waals surface area contributed by atoms with Gasteiger partial charge in [0.15, 0.2) is 7.14 Å². The molecule has 3 aliphatic heterocycles. The molecule has 3 heterocycles. The number of rotatable bonds is 12. The van der Waals surface area contributed by atoms with E-state index in [9.17, 15) is 0 Å². The van der Waals surface area contributed by atoms with Crippen molar-refractivity contribution >= 4 is 23.1 Å². The zero-order valence-corrected chi connectivity index (χ0v) is 20.1. The Balaban J connectivity index is 0.00000267. The molecule has 190 valence electrons. The molecule has 7 nitrogen and oxygen atoms in total. The maximum atomic E-state index is 15.5. The van der Waals surface area contributed by atoms with E-state index in [1.54, 1.807) is 0 Å². The second kappa shape index (κ2) is 10.7. The lowest BCUT2D eigenvalue weighted by atomic mass is 10.3. The van der Waals surface area contributed by atoms with Crippen molar-refractivity contribution in [1.82, 2.24) is 0 Å². The molecule has 3 fully saturated rings. The summed E-state index contributed by atoms with van der Waals surface area (Å²) < 4.78 is 49.9. The van der Waals surface area contributed by atoms with Crippen molar-refractivity contribution in [2.75, 3.05) is 39.6 Å². The van der Waals surface area contributed by atoms with Crippen LogP contribution in [0.3, 0.4) is 0 Å². The molecule has 6 rings (SSSR count). The molecule has 3 aromatic carbocycles. The minimum absolute atomic E-state index is 0. The molecule has 3 aromatic rings. The summed E-state index contributed by atoms with van der Waals surface area (Å²) in [5, 5.41) is 1.79. The van der Waals surface area contributed by atoms with Crippen LogP contribution >= 0.6 is 7.14 Å². The van der Waals surface area contributed by atoms with Gasteiger partial charge >= 0.3 is 0 Å². The molecule has 0 aromatic heterocycles. The Morgan fingerprint density at radius 1 is 0.583 bits per heavy atom. The van der Waals surface area contributed by atoms with Gasteiger partial charge in [0, 0.05) is 0 Å².